The lowest BCUT2D eigenvalue weighted by Crippen LogP contribution is -2.24. The van der Waals surface area contributed by atoms with E-state index in [4.69, 9.17) is 32.7 Å². The summed E-state index contributed by atoms with van der Waals surface area (Å²) in [6.07, 6.45) is 4.20. The molecular weight excluding hydrogens is 449 g/mol. The number of pyridine rings is 1. The highest BCUT2D eigenvalue weighted by Gasteiger charge is 2.12. The number of carbonyl (C=O) groups is 1. The number of aryl methyl sites for hydroxylation is 1. The van der Waals surface area contributed by atoms with Crippen molar-refractivity contribution in [3.63, 3.8) is 0 Å². The van der Waals surface area contributed by atoms with Crippen molar-refractivity contribution in [2.24, 2.45) is 0 Å². The molecule has 0 aliphatic rings. The lowest BCUT2D eigenvalue weighted by Gasteiger charge is -2.13. The van der Waals surface area contributed by atoms with Crippen LogP contribution in [0.3, 0.4) is 0 Å². The summed E-state index contributed by atoms with van der Waals surface area (Å²) < 4.78 is 11.9. The number of hydrogen-bond acceptors (Lipinski definition) is 4. The van der Waals surface area contributed by atoms with Gasteiger partial charge >= 0.3 is 5.97 Å². The lowest BCUT2D eigenvalue weighted by atomic mass is 10.1. The Morgan fingerprint density at radius 3 is 2.44 bits per heavy atom. The van der Waals surface area contributed by atoms with Gasteiger partial charge in [0.25, 0.3) is 5.56 Å². The van der Waals surface area contributed by atoms with Crippen molar-refractivity contribution in [1.29, 1.82) is 0 Å². The number of hydrogen-bond donors (Lipinski definition) is 0. The van der Waals surface area contributed by atoms with E-state index in [1.165, 1.54) is 13.2 Å². The number of methoxy groups -OCH3 is 1. The van der Waals surface area contributed by atoms with Gasteiger partial charge in [-0.3, -0.25) is 4.79 Å². The SMILES string of the molecule is CCOc1ccccc1/C=C/c1c(Cl)cc(Cl)c(=O)n1CCc1ccc(C(=O)OC)cc1. The lowest BCUT2D eigenvalue weighted by molar-refractivity contribution is 0.0600. The van der Waals surface area contributed by atoms with Crippen molar-refractivity contribution in [3.05, 3.63) is 97.4 Å². The molecule has 3 aromatic rings. The molecule has 1 aromatic heterocycles. The van der Waals surface area contributed by atoms with Gasteiger partial charge < -0.3 is 14.0 Å². The molecule has 32 heavy (non-hydrogen) atoms. The number of ether oxygens (including phenoxy) is 2. The van der Waals surface area contributed by atoms with E-state index in [0.717, 1.165) is 16.9 Å². The number of carbonyl (C=O) groups excluding carboxylic acids is 1. The third kappa shape index (κ3) is 5.61. The zero-order chi connectivity index (χ0) is 23.1. The molecule has 0 saturated heterocycles. The van der Waals surface area contributed by atoms with Crippen LogP contribution in [0.1, 0.15) is 34.1 Å². The summed E-state index contributed by atoms with van der Waals surface area (Å²) in [5, 5.41) is 0.434. The van der Waals surface area contributed by atoms with E-state index in [1.807, 2.05) is 49.4 Å². The van der Waals surface area contributed by atoms with Gasteiger partial charge in [0, 0.05) is 12.1 Å². The number of rotatable bonds is 8. The molecule has 2 aromatic carbocycles. The zero-order valence-electron chi connectivity index (χ0n) is 17.8. The van der Waals surface area contributed by atoms with Gasteiger partial charge in [-0.15, -0.1) is 0 Å². The van der Waals surface area contributed by atoms with Crippen LogP contribution in [0.25, 0.3) is 12.2 Å². The van der Waals surface area contributed by atoms with Crippen LogP contribution < -0.4 is 10.3 Å². The molecule has 0 atom stereocenters. The van der Waals surface area contributed by atoms with Crippen LogP contribution in [0.5, 0.6) is 5.75 Å². The Morgan fingerprint density at radius 1 is 1.03 bits per heavy atom. The molecule has 0 aliphatic carbocycles. The summed E-state index contributed by atoms with van der Waals surface area (Å²) >= 11 is 12.6. The summed E-state index contributed by atoms with van der Waals surface area (Å²) in [5.74, 6) is 0.352. The van der Waals surface area contributed by atoms with E-state index in [0.29, 0.717) is 35.9 Å². The highest BCUT2D eigenvalue weighted by molar-refractivity contribution is 6.35. The van der Waals surface area contributed by atoms with Crippen LogP contribution in [0, 0.1) is 0 Å². The highest BCUT2D eigenvalue weighted by atomic mass is 35.5. The number of esters is 1. The predicted molar refractivity (Wildman–Crippen MR) is 129 cm³/mol. The second-order valence-electron chi connectivity index (χ2n) is 6.92. The third-order valence-corrected chi connectivity index (χ3v) is 5.45. The molecule has 0 fully saturated rings. The number of nitrogens with zero attached hydrogens (tertiary/aromatic N) is 1. The Morgan fingerprint density at radius 2 is 1.75 bits per heavy atom. The molecule has 1 heterocycles. The van der Waals surface area contributed by atoms with Gasteiger partial charge in [-0.25, -0.2) is 4.79 Å². The number of aromatic nitrogens is 1. The van der Waals surface area contributed by atoms with Gasteiger partial charge in [0.05, 0.1) is 30.0 Å². The fraction of sp³-hybridized carbons (Fsp3) is 0.200. The molecule has 0 spiro atoms. The van der Waals surface area contributed by atoms with Crippen molar-refractivity contribution in [3.8, 4) is 5.75 Å². The molecule has 0 amide bonds. The van der Waals surface area contributed by atoms with Gasteiger partial charge in [0.1, 0.15) is 10.8 Å². The minimum atomic E-state index is -0.394. The first-order valence-corrected chi connectivity index (χ1v) is 10.9. The zero-order valence-corrected chi connectivity index (χ0v) is 19.3. The highest BCUT2D eigenvalue weighted by Crippen LogP contribution is 2.24. The van der Waals surface area contributed by atoms with Crippen LogP contribution >= 0.6 is 23.2 Å². The molecule has 166 valence electrons. The Balaban J connectivity index is 1.90. The Bertz CT molecular complexity index is 1180. The minimum Gasteiger partial charge on any atom is -0.493 e. The molecular formula is C25H23Cl2NO4. The normalized spacial score (nSPS) is 11.0. The molecule has 0 aliphatic heterocycles. The number of halogens is 2. The maximum atomic E-state index is 12.8. The van der Waals surface area contributed by atoms with Gasteiger partial charge in [-0.1, -0.05) is 53.5 Å². The van der Waals surface area contributed by atoms with Crippen LogP contribution in [0.15, 0.2) is 59.4 Å². The summed E-state index contributed by atoms with van der Waals surface area (Å²) in [4.78, 5) is 24.4. The molecule has 0 N–H and O–H groups in total. The molecule has 7 heteroatoms. The van der Waals surface area contributed by atoms with Crippen LogP contribution in [0.2, 0.25) is 10.0 Å². The second-order valence-corrected chi connectivity index (χ2v) is 7.74. The molecule has 0 radical (unpaired) electrons. The topological polar surface area (TPSA) is 57.5 Å². The average molecular weight is 472 g/mol. The summed E-state index contributed by atoms with van der Waals surface area (Å²) in [5.41, 5.74) is 2.53. The van der Waals surface area contributed by atoms with Crippen molar-refractivity contribution in [2.45, 2.75) is 19.9 Å². The first-order valence-electron chi connectivity index (χ1n) is 10.1. The summed E-state index contributed by atoms with van der Waals surface area (Å²) in [7, 11) is 1.34. The quantitative estimate of drug-likeness (QED) is 0.392. The van der Waals surface area contributed by atoms with Gasteiger partial charge in [0.2, 0.25) is 0 Å². The van der Waals surface area contributed by atoms with E-state index in [1.54, 1.807) is 22.8 Å². The molecule has 0 bridgehead atoms. The Hall–Kier alpha value is -3.02. The van der Waals surface area contributed by atoms with E-state index in [-0.39, 0.29) is 10.6 Å². The van der Waals surface area contributed by atoms with E-state index in [9.17, 15) is 9.59 Å². The van der Waals surface area contributed by atoms with Crippen molar-refractivity contribution >= 4 is 41.3 Å². The number of para-hydroxylation sites is 1. The average Bonchev–Trinajstić information content (AvgIpc) is 2.80. The van der Waals surface area contributed by atoms with E-state index in [2.05, 4.69) is 0 Å². The largest absolute Gasteiger partial charge is 0.493 e. The fourth-order valence-corrected chi connectivity index (χ4v) is 3.79. The monoisotopic (exact) mass is 471 g/mol. The molecule has 5 nitrogen and oxygen atoms in total. The summed E-state index contributed by atoms with van der Waals surface area (Å²) in [6, 6.07) is 16.1. The smallest absolute Gasteiger partial charge is 0.337 e. The minimum absolute atomic E-state index is 0.0582. The molecule has 0 saturated carbocycles. The van der Waals surface area contributed by atoms with E-state index >= 15 is 0 Å². The van der Waals surface area contributed by atoms with Gasteiger partial charge in [0.15, 0.2) is 0 Å². The van der Waals surface area contributed by atoms with Crippen molar-refractivity contribution in [2.75, 3.05) is 13.7 Å². The van der Waals surface area contributed by atoms with Gasteiger partial charge in [-0.2, -0.15) is 0 Å². The molecule has 3 rings (SSSR count). The van der Waals surface area contributed by atoms with Crippen LogP contribution in [0.4, 0.5) is 0 Å². The Kier molecular flexibility index (Phi) is 8.14. The van der Waals surface area contributed by atoms with E-state index < -0.39 is 5.97 Å². The predicted octanol–water partition coefficient (Wildman–Crippen LogP) is 5.75. The first kappa shape index (κ1) is 23.6. The number of benzene rings is 2. The standard InChI is InChI=1S/C25H23Cl2NO4/c1-3-32-23-7-5-4-6-18(23)12-13-22-20(26)16-21(27)24(29)28(22)15-14-17-8-10-19(11-9-17)25(30)31-2/h4-13,16H,3,14-15H2,1-2H3/b13-12+. The van der Waals surface area contributed by atoms with Crippen LogP contribution in [-0.4, -0.2) is 24.3 Å². The van der Waals surface area contributed by atoms with Crippen LogP contribution in [-0.2, 0) is 17.7 Å². The Labute approximate surface area is 196 Å². The fourth-order valence-electron chi connectivity index (χ4n) is 3.25. The first-order chi connectivity index (χ1) is 15.4. The summed E-state index contributed by atoms with van der Waals surface area (Å²) in [6.45, 7) is 2.83. The molecule has 0 unspecified atom stereocenters. The maximum Gasteiger partial charge on any atom is 0.337 e. The van der Waals surface area contributed by atoms with Crippen molar-refractivity contribution in [1.82, 2.24) is 4.57 Å². The maximum absolute atomic E-state index is 12.8. The second kappa shape index (κ2) is 11.0. The van der Waals surface area contributed by atoms with Crippen molar-refractivity contribution < 1.29 is 14.3 Å². The third-order valence-electron chi connectivity index (χ3n) is 4.88. The van der Waals surface area contributed by atoms with Gasteiger partial charge in [-0.05, 0) is 55.3 Å².